The van der Waals surface area contributed by atoms with Crippen LogP contribution in [0.15, 0.2) is 255 Å². The number of carbonyl (C=O) groups excluding carboxylic acids is 2. The van der Waals surface area contributed by atoms with Crippen molar-refractivity contribution in [2.24, 2.45) is 0 Å². The molecule has 121 heavy (non-hydrogen) atoms. The van der Waals surface area contributed by atoms with Gasteiger partial charge in [-0.05, 0) is 222 Å². The highest BCUT2D eigenvalue weighted by molar-refractivity contribution is 7.93. The highest BCUT2D eigenvalue weighted by Gasteiger charge is 2.18. The van der Waals surface area contributed by atoms with Crippen LogP contribution in [0.2, 0.25) is 0 Å². The van der Waals surface area contributed by atoms with Crippen molar-refractivity contribution in [2.75, 3.05) is 20.9 Å². The number of aromatic carboxylic acids is 4. The van der Waals surface area contributed by atoms with Crippen LogP contribution in [0.3, 0.4) is 0 Å². The Morgan fingerprint density at radius 2 is 0.645 bits per heavy atom. The number of benzene rings is 11. The number of sulfonamides is 2. The van der Waals surface area contributed by atoms with Gasteiger partial charge in [-0.15, -0.1) is 0 Å². The summed E-state index contributed by atoms with van der Waals surface area (Å²) in [6.45, 7) is 15.2. The minimum atomic E-state index is -3.37. The van der Waals surface area contributed by atoms with E-state index in [1.54, 1.807) is 167 Å². The number of para-hydroxylation sites is 1. The van der Waals surface area contributed by atoms with Crippen molar-refractivity contribution in [2.45, 2.75) is 132 Å². The van der Waals surface area contributed by atoms with Crippen LogP contribution >= 0.6 is 0 Å². The largest absolute Gasteiger partial charge is 0.508 e. The summed E-state index contributed by atoms with van der Waals surface area (Å²) >= 11 is 0. The van der Waals surface area contributed by atoms with E-state index in [4.69, 9.17) is 30.0 Å². The van der Waals surface area contributed by atoms with Crippen molar-refractivity contribution in [1.82, 2.24) is 9.97 Å². The first-order chi connectivity index (χ1) is 57.8. The second kappa shape index (κ2) is 49.0. The first kappa shape index (κ1) is 96.3. The first-order valence-electron chi connectivity index (χ1n) is 39.3. The highest BCUT2D eigenvalue weighted by Crippen LogP contribution is 2.34. The van der Waals surface area contributed by atoms with E-state index in [9.17, 15) is 56.4 Å². The fraction of sp³-hybridized carbons (Fsp3) is 0.227. The van der Waals surface area contributed by atoms with Crippen LogP contribution in [0, 0.1) is 41.5 Å². The molecule has 0 atom stereocenters. The van der Waals surface area contributed by atoms with Crippen LogP contribution < -0.4 is 9.44 Å². The van der Waals surface area contributed by atoms with Gasteiger partial charge in [-0.1, -0.05) is 236 Å². The van der Waals surface area contributed by atoms with Crippen molar-refractivity contribution in [3.63, 3.8) is 0 Å². The molecule has 0 aliphatic rings. The summed E-state index contributed by atoms with van der Waals surface area (Å²) in [5.74, 6) is -2.58. The Morgan fingerprint density at radius 1 is 0.314 bits per heavy atom. The molecule has 12 rings (SSSR count). The highest BCUT2D eigenvalue weighted by atomic mass is 32.2. The molecule has 0 aliphatic carbocycles. The predicted molar refractivity (Wildman–Crippen MR) is 476 cm³/mol. The third kappa shape index (κ3) is 32.4. The van der Waals surface area contributed by atoms with Crippen molar-refractivity contribution in [3.05, 3.63) is 311 Å². The lowest BCUT2D eigenvalue weighted by Crippen LogP contribution is -2.17. The Hall–Kier alpha value is -13.5. The van der Waals surface area contributed by atoms with E-state index in [0.29, 0.717) is 52.0 Å². The number of aryl methyl sites for hydroxylation is 6. The number of anilines is 2. The quantitative estimate of drug-likeness (QED) is 0.0204. The molecule has 0 fully saturated rings. The monoisotopic (exact) mass is 1680 g/mol. The Bertz CT molecular complexity index is 5570. The van der Waals surface area contributed by atoms with E-state index in [2.05, 4.69) is 33.3 Å². The van der Waals surface area contributed by atoms with Crippen molar-refractivity contribution >= 4 is 61.5 Å². The summed E-state index contributed by atoms with van der Waals surface area (Å²) in [6.07, 6.45) is 17.6. The smallest absolute Gasteiger partial charge is 0.373 e. The lowest BCUT2D eigenvalue weighted by atomic mass is 10.00. The SMILES string of the molecule is CCCCCCCCS(=O)(=O)Nc1cc(-c2cccc(O)c2)ccc1C.CCCCCCCCS(=O)(=O)Nc1cc(-c2ccccc2O)ccc1C.Cc1cc(-c2ccc(O)cc2)ccc1C(=O)O.Cc1ccc(-c2ccc(O)cc2)cc1C(=O)O.Cc1ccc(-c2ccccc2)cc1C(=O)O.Cc1ccc(-c2cncnc2)cc1C(=O)O.O=C=O. The number of unbranched alkanes of at least 4 members (excludes halogenated alkanes) is 10. The molecule has 1 heterocycles. The maximum atomic E-state index is 12.4. The number of rotatable bonds is 28. The molecule has 11 aromatic carbocycles. The number of nitrogens with one attached hydrogen (secondary N) is 2. The van der Waals surface area contributed by atoms with E-state index >= 15 is 0 Å². The molecular weight excluding hydrogens is 1570 g/mol. The van der Waals surface area contributed by atoms with Crippen LogP contribution in [-0.2, 0) is 29.6 Å². The second-order valence-electron chi connectivity index (χ2n) is 28.5. The molecule has 632 valence electrons. The number of aromatic nitrogens is 2. The summed E-state index contributed by atoms with van der Waals surface area (Å²) in [4.78, 5) is 67.9. The molecule has 10 N–H and O–H groups in total. The zero-order valence-electron chi connectivity index (χ0n) is 69.0. The predicted octanol–water partition coefficient (Wildman–Crippen LogP) is 22.0. The Balaban J connectivity index is 0.000000226. The van der Waals surface area contributed by atoms with Crippen LogP contribution in [0.4, 0.5) is 11.4 Å². The van der Waals surface area contributed by atoms with Crippen molar-refractivity contribution in [1.29, 1.82) is 0 Å². The number of phenols is 4. The molecule has 0 aliphatic heterocycles. The van der Waals surface area contributed by atoms with E-state index < -0.39 is 43.9 Å². The average molecular weight is 1680 g/mol. The first-order valence-corrected chi connectivity index (χ1v) is 42.6. The molecule has 12 aromatic rings. The number of hydrogen-bond acceptors (Lipinski definition) is 16. The van der Waals surface area contributed by atoms with Gasteiger partial charge in [-0.25, -0.2) is 46.0 Å². The fourth-order valence-corrected chi connectivity index (χ4v) is 14.8. The van der Waals surface area contributed by atoms with E-state index in [1.807, 2.05) is 123 Å². The molecule has 0 unspecified atom stereocenters. The maximum Gasteiger partial charge on any atom is 0.373 e. The van der Waals surface area contributed by atoms with Gasteiger partial charge in [0, 0.05) is 23.5 Å². The molecule has 0 radical (unpaired) electrons. The summed E-state index contributed by atoms with van der Waals surface area (Å²) < 4.78 is 55.0. The molecule has 0 saturated carbocycles. The molecule has 0 saturated heterocycles. The number of carbonyl (C=O) groups is 4. The Labute approximate surface area is 707 Å². The number of carboxylic acid groups (broad SMARTS) is 4. The van der Waals surface area contributed by atoms with E-state index in [0.717, 1.165) is 120 Å². The van der Waals surface area contributed by atoms with Gasteiger partial charge >= 0.3 is 30.0 Å². The molecule has 0 amide bonds. The molecule has 0 bridgehead atoms. The number of nitrogens with zero attached hydrogens (tertiary/aromatic N) is 2. The van der Waals surface area contributed by atoms with Gasteiger partial charge < -0.3 is 40.9 Å². The second-order valence-corrected chi connectivity index (χ2v) is 32.2. The Kier molecular flexibility index (Phi) is 39.0. The third-order valence-electron chi connectivity index (χ3n) is 19.2. The third-order valence-corrected chi connectivity index (χ3v) is 21.9. The van der Waals surface area contributed by atoms with E-state index in [-0.39, 0.29) is 40.7 Å². The summed E-state index contributed by atoms with van der Waals surface area (Å²) in [7, 11) is -6.73. The summed E-state index contributed by atoms with van der Waals surface area (Å²) in [5, 5.41) is 74.1. The van der Waals surface area contributed by atoms with Gasteiger partial charge in [0.25, 0.3) is 0 Å². The zero-order chi connectivity index (χ0) is 88.6. The minimum absolute atomic E-state index is 0.138. The van der Waals surface area contributed by atoms with E-state index in [1.165, 1.54) is 44.9 Å². The molecule has 24 heteroatoms. The molecular formula is C97H104N4O18S2. The van der Waals surface area contributed by atoms with Crippen molar-refractivity contribution in [3.8, 4) is 89.8 Å². The maximum absolute atomic E-state index is 12.4. The zero-order valence-corrected chi connectivity index (χ0v) is 70.7. The van der Waals surface area contributed by atoms with Crippen LogP contribution in [0.1, 0.15) is 166 Å². The molecule has 22 nitrogen and oxygen atoms in total. The van der Waals surface area contributed by atoms with Gasteiger partial charge in [0.05, 0.1) is 45.1 Å². The molecule has 1 aromatic heterocycles. The normalized spacial score (nSPS) is 10.5. The summed E-state index contributed by atoms with van der Waals surface area (Å²) in [5.41, 5.74) is 17.5. The van der Waals surface area contributed by atoms with Crippen LogP contribution in [-0.4, -0.2) is 109 Å². The topological polar surface area (TPSA) is 382 Å². The number of hydrogen-bond donors (Lipinski definition) is 10. The van der Waals surface area contributed by atoms with Gasteiger partial charge in [-0.2, -0.15) is 9.59 Å². The number of carboxylic acids is 4. The Morgan fingerprint density at radius 3 is 1.06 bits per heavy atom. The van der Waals surface area contributed by atoms with Gasteiger partial charge in [0.15, 0.2) is 0 Å². The van der Waals surface area contributed by atoms with Crippen LogP contribution in [0.25, 0.3) is 66.8 Å². The van der Waals surface area contributed by atoms with Gasteiger partial charge in [-0.3, -0.25) is 9.44 Å². The standard InChI is InChI=1S/2C21H29NO3S.2C14H12O3.C14H12O2.C12H10N2O2.CO2/c1-3-4-5-6-7-10-15-26(24,25)22-20-16-18(14-13-17(20)2)19-11-8-9-12-21(19)23;1-3-4-5-6-7-8-14-26(24,25)22-21-16-19(13-12-17(21)2)18-10-9-11-20(23)15-18;1-9-8-11(4-7-13(9)14(16)17)10-2-5-12(15)6-3-10;1-9-2-3-11(8-13(9)14(16)17)10-4-6-12(15)7-5-10;1-10-7-8-12(9-13(10)14(15)16)11-5-3-2-4-6-11;1-8-2-3-9(4-11(8)12(15)16)10-5-13-7-14-6-10;2-1-3/h8-9,11-14,16,22-23H,3-7,10,15H2,1-2H3;9-13,15-16,22-23H,3-8,14H2,1-2H3;2*2-8,15H,1H3,(H,16,17);2-9H,1H3,(H,15,16);2-7H,1H3,(H,15,16);. The lowest BCUT2D eigenvalue weighted by Gasteiger charge is -2.13. The summed E-state index contributed by atoms with van der Waals surface area (Å²) in [6, 6.07) is 69.6. The number of aromatic hydroxyl groups is 4. The van der Waals surface area contributed by atoms with Crippen LogP contribution in [0.5, 0.6) is 23.0 Å². The van der Waals surface area contributed by atoms with Crippen molar-refractivity contribution < 1.29 is 86.5 Å². The lowest BCUT2D eigenvalue weighted by molar-refractivity contribution is -0.191. The average Bonchev–Trinajstić information content (AvgIpc) is 0.824. The number of phenolic OH excluding ortho intramolecular Hbond substituents is 4. The van der Waals surface area contributed by atoms with Gasteiger partial charge in [0.2, 0.25) is 20.0 Å². The molecule has 0 spiro atoms. The minimum Gasteiger partial charge on any atom is -0.508 e. The van der Waals surface area contributed by atoms with Gasteiger partial charge in [0.1, 0.15) is 29.3 Å². The fourth-order valence-electron chi connectivity index (χ4n) is 12.4.